The van der Waals surface area contributed by atoms with Gasteiger partial charge in [-0.1, -0.05) is 0 Å². The highest BCUT2D eigenvalue weighted by Gasteiger charge is 2.50. The molecular weight excluding hydrogens is 368 g/mol. The van der Waals surface area contributed by atoms with Gasteiger partial charge in [0, 0.05) is 50.5 Å². The van der Waals surface area contributed by atoms with Crippen molar-refractivity contribution in [3.63, 3.8) is 0 Å². The van der Waals surface area contributed by atoms with Gasteiger partial charge < -0.3 is 10.2 Å². The summed E-state index contributed by atoms with van der Waals surface area (Å²) in [5.74, 6) is -3.65. The Hall–Kier alpha value is -2.58. The van der Waals surface area contributed by atoms with E-state index in [2.05, 4.69) is 15.4 Å². The summed E-state index contributed by atoms with van der Waals surface area (Å²) >= 11 is 0. The smallest absolute Gasteiger partial charge is 0.256 e. The van der Waals surface area contributed by atoms with Gasteiger partial charge in [0.1, 0.15) is 5.56 Å². The Kier molecular flexibility index (Phi) is 4.76. The summed E-state index contributed by atoms with van der Waals surface area (Å²) in [6, 6.07) is 1.84. The van der Waals surface area contributed by atoms with E-state index in [1.54, 1.807) is 15.6 Å². The van der Waals surface area contributed by atoms with Gasteiger partial charge in [-0.15, -0.1) is 0 Å². The van der Waals surface area contributed by atoms with Crippen molar-refractivity contribution in [2.75, 3.05) is 19.6 Å². The second kappa shape index (κ2) is 7.10. The number of nitrogens with one attached hydrogen (secondary N) is 1. The van der Waals surface area contributed by atoms with Gasteiger partial charge in [-0.3, -0.25) is 9.59 Å². The standard InChI is InChI=1S/C19H23F2N5O2/c1-2-22-17(27)14-10-24-26-15(5-6-23-16(14)26)12-4-3-7-25(11-12)18(28)13-8-19(20,21)9-13/h5-6,10,12-13H,2-4,7-9,11H2,1H3,(H,22,27). The molecule has 1 unspecified atom stereocenters. The van der Waals surface area contributed by atoms with E-state index in [1.807, 2.05) is 13.0 Å². The molecule has 1 saturated heterocycles. The Morgan fingerprint density at radius 1 is 1.36 bits per heavy atom. The summed E-state index contributed by atoms with van der Waals surface area (Å²) in [6.07, 6.45) is 4.11. The van der Waals surface area contributed by atoms with Crippen molar-refractivity contribution < 1.29 is 18.4 Å². The van der Waals surface area contributed by atoms with Crippen molar-refractivity contribution >= 4 is 17.5 Å². The van der Waals surface area contributed by atoms with Gasteiger partial charge in [0.25, 0.3) is 5.91 Å². The molecule has 0 aromatic carbocycles. The normalized spacial score (nSPS) is 22.1. The molecule has 150 valence electrons. The molecule has 28 heavy (non-hydrogen) atoms. The molecule has 2 fully saturated rings. The van der Waals surface area contributed by atoms with Crippen LogP contribution in [0.25, 0.3) is 5.65 Å². The molecule has 2 aromatic heterocycles. The lowest BCUT2D eigenvalue weighted by Crippen LogP contribution is -2.49. The number of nitrogens with zero attached hydrogens (tertiary/aromatic N) is 4. The average Bonchev–Trinajstić information content (AvgIpc) is 3.10. The van der Waals surface area contributed by atoms with Crippen molar-refractivity contribution in [1.29, 1.82) is 0 Å². The number of halogens is 2. The quantitative estimate of drug-likeness (QED) is 0.867. The molecule has 2 amide bonds. The summed E-state index contributed by atoms with van der Waals surface area (Å²) in [6.45, 7) is 3.41. The number of likely N-dealkylation sites (tertiary alicyclic amines) is 1. The fourth-order valence-electron chi connectivity index (χ4n) is 4.15. The van der Waals surface area contributed by atoms with E-state index in [-0.39, 0.29) is 30.6 Å². The van der Waals surface area contributed by atoms with E-state index in [9.17, 15) is 18.4 Å². The van der Waals surface area contributed by atoms with E-state index in [0.29, 0.717) is 30.8 Å². The first-order valence-electron chi connectivity index (χ1n) is 9.67. The fourth-order valence-corrected chi connectivity index (χ4v) is 4.15. The van der Waals surface area contributed by atoms with E-state index in [4.69, 9.17) is 0 Å². The number of rotatable bonds is 4. The predicted molar refractivity (Wildman–Crippen MR) is 97.2 cm³/mol. The maximum atomic E-state index is 13.1. The highest BCUT2D eigenvalue weighted by Crippen LogP contribution is 2.43. The molecule has 2 aromatic rings. The summed E-state index contributed by atoms with van der Waals surface area (Å²) in [7, 11) is 0. The van der Waals surface area contributed by atoms with Crippen LogP contribution in [0.1, 0.15) is 54.6 Å². The number of hydrogen-bond acceptors (Lipinski definition) is 4. The van der Waals surface area contributed by atoms with Crippen LogP contribution in [-0.4, -0.2) is 56.9 Å². The fraction of sp³-hybridized carbons (Fsp3) is 0.579. The zero-order chi connectivity index (χ0) is 19.9. The molecule has 1 aliphatic heterocycles. The van der Waals surface area contributed by atoms with Crippen molar-refractivity contribution in [2.45, 2.75) is 44.4 Å². The third-order valence-corrected chi connectivity index (χ3v) is 5.60. The number of alkyl halides is 2. The van der Waals surface area contributed by atoms with E-state index in [0.717, 1.165) is 18.5 Å². The van der Waals surface area contributed by atoms with Crippen molar-refractivity contribution in [3.05, 3.63) is 29.7 Å². The van der Waals surface area contributed by atoms with Crippen LogP contribution in [0.5, 0.6) is 0 Å². The van der Waals surface area contributed by atoms with Crippen LogP contribution in [0, 0.1) is 5.92 Å². The van der Waals surface area contributed by atoms with Crippen LogP contribution in [0.2, 0.25) is 0 Å². The molecule has 1 N–H and O–H groups in total. The Morgan fingerprint density at radius 3 is 2.86 bits per heavy atom. The Balaban J connectivity index is 1.55. The van der Waals surface area contributed by atoms with Gasteiger partial charge in [0.15, 0.2) is 5.65 Å². The minimum atomic E-state index is -2.70. The third kappa shape index (κ3) is 3.33. The van der Waals surface area contributed by atoms with Gasteiger partial charge >= 0.3 is 0 Å². The molecule has 0 spiro atoms. The first kappa shape index (κ1) is 18.8. The van der Waals surface area contributed by atoms with Crippen LogP contribution in [-0.2, 0) is 4.79 Å². The van der Waals surface area contributed by atoms with Gasteiger partial charge in [-0.25, -0.2) is 18.3 Å². The maximum absolute atomic E-state index is 13.1. The molecule has 1 aliphatic carbocycles. The molecule has 3 heterocycles. The molecule has 0 bridgehead atoms. The summed E-state index contributed by atoms with van der Waals surface area (Å²) < 4.78 is 27.9. The number of hydrogen-bond donors (Lipinski definition) is 1. The van der Waals surface area contributed by atoms with E-state index >= 15 is 0 Å². The minimum Gasteiger partial charge on any atom is -0.352 e. The molecule has 9 heteroatoms. The molecule has 1 atom stereocenters. The van der Waals surface area contributed by atoms with E-state index < -0.39 is 11.8 Å². The number of amides is 2. The lowest BCUT2D eigenvalue weighted by molar-refractivity contribution is -0.160. The largest absolute Gasteiger partial charge is 0.352 e. The molecular formula is C19H23F2N5O2. The Morgan fingerprint density at radius 2 is 2.14 bits per heavy atom. The van der Waals surface area contributed by atoms with E-state index in [1.165, 1.54) is 6.20 Å². The topological polar surface area (TPSA) is 79.6 Å². The van der Waals surface area contributed by atoms with Crippen LogP contribution >= 0.6 is 0 Å². The van der Waals surface area contributed by atoms with Crippen molar-refractivity contribution in [2.24, 2.45) is 5.92 Å². The minimum absolute atomic E-state index is 0.0192. The van der Waals surface area contributed by atoms with Gasteiger partial charge in [-0.05, 0) is 25.8 Å². The maximum Gasteiger partial charge on any atom is 0.256 e. The van der Waals surface area contributed by atoms with Gasteiger partial charge in [0.05, 0.1) is 11.9 Å². The second-order valence-corrected chi connectivity index (χ2v) is 7.61. The SMILES string of the molecule is CCNC(=O)c1cnn2c(C3CCCN(C(=O)C4CC(F)(F)C4)C3)ccnc12. The zero-order valence-electron chi connectivity index (χ0n) is 15.7. The molecule has 1 saturated carbocycles. The summed E-state index contributed by atoms with van der Waals surface area (Å²) in [5, 5.41) is 7.09. The molecule has 4 rings (SSSR count). The van der Waals surface area contributed by atoms with Gasteiger partial charge in [-0.2, -0.15) is 5.10 Å². The van der Waals surface area contributed by atoms with Crippen molar-refractivity contribution in [3.8, 4) is 0 Å². The second-order valence-electron chi connectivity index (χ2n) is 7.61. The lowest BCUT2D eigenvalue weighted by atomic mass is 9.79. The number of carbonyl (C=O) groups excluding carboxylic acids is 2. The van der Waals surface area contributed by atoms with Crippen LogP contribution in [0.15, 0.2) is 18.5 Å². The first-order chi connectivity index (χ1) is 13.4. The number of fused-ring (bicyclic) bond motifs is 1. The summed E-state index contributed by atoms with van der Waals surface area (Å²) in [5.41, 5.74) is 1.76. The Bertz CT molecular complexity index is 905. The lowest BCUT2D eigenvalue weighted by Gasteiger charge is -2.40. The number of carbonyl (C=O) groups is 2. The molecule has 7 nitrogen and oxygen atoms in total. The third-order valence-electron chi connectivity index (χ3n) is 5.60. The predicted octanol–water partition coefficient (Wildman–Crippen LogP) is 2.23. The number of piperidine rings is 1. The van der Waals surface area contributed by atoms with Crippen molar-refractivity contribution in [1.82, 2.24) is 24.8 Å². The molecule has 0 radical (unpaired) electrons. The number of aromatic nitrogens is 3. The van der Waals surface area contributed by atoms with Crippen LogP contribution in [0.4, 0.5) is 8.78 Å². The van der Waals surface area contributed by atoms with Crippen LogP contribution < -0.4 is 5.32 Å². The van der Waals surface area contributed by atoms with Gasteiger partial charge in [0.2, 0.25) is 11.8 Å². The monoisotopic (exact) mass is 391 g/mol. The highest BCUT2D eigenvalue weighted by atomic mass is 19.3. The first-order valence-corrected chi connectivity index (χ1v) is 9.67. The zero-order valence-corrected chi connectivity index (χ0v) is 15.7. The van der Waals surface area contributed by atoms with Crippen LogP contribution in [0.3, 0.4) is 0 Å². The Labute approximate surface area is 161 Å². The molecule has 2 aliphatic rings. The average molecular weight is 391 g/mol. The highest BCUT2D eigenvalue weighted by molar-refractivity contribution is 5.99. The summed E-state index contributed by atoms with van der Waals surface area (Å²) in [4.78, 5) is 30.8.